The van der Waals surface area contributed by atoms with E-state index in [4.69, 9.17) is 10.5 Å². The summed E-state index contributed by atoms with van der Waals surface area (Å²) in [7, 11) is -2.15. The van der Waals surface area contributed by atoms with Crippen LogP contribution in [0.25, 0.3) is 0 Å². The molecule has 3 N–H and O–H groups in total. The summed E-state index contributed by atoms with van der Waals surface area (Å²) in [6.07, 6.45) is 1.38. The lowest BCUT2D eigenvalue weighted by Gasteiger charge is -2.08. The van der Waals surface area contributed by atoms with Crippen LogP contribution in [-0.2, 0) is 10.0 Å². The predicted octanol–water partition coefficient (Wildman–Crippen LogP) is 1.47. The molecule has 2 aromatic rings. The second-order valence-electron chi connectivity index (χ2n) is 3.76. The summed E-state index contributed by atoms with van der Waals surface area (Å²) < 4.78 is 31.4. The van der Waals surface area contributed by atoms with E-state index < -0.39 is 10.0 Å². The molecule has 0 unspecified atom stereocenters. The average Bonchev–Trinajstić information content (AvgIpc) is 2.40. The molecule has 0 aliphatic heterocycles. The maximum absolute atomic E-state index is 12.1. The van der Waals surface area contributed by atoms with Crippen LogP contribution in [0.5, 0.6) is 5.88 Å². The van der Waals surface area contributed by atoms with Gasteiger partial charge in [0, 0.05) is 11.8 Å². The standard InChI is InChI=1S/C12H13N3O3S/c1-18-12-7-4-10(8-14-12)15-19(16,17)11-5-2-9(13)3-6-11/h2-8,15H,13H2,1H3. The molecule has 19 heavy (non-hydrogen) atoms. The summed E-state index contributed by atoms with van der Waals surface area (Å²) in [5.74, 6) is 0.412. The van der Waals surface area contributed by atoms with Crippen LogP contribution in [0, 0.1) is 0 Å². The maximum Gasteiger partial charge on any atom is 0.261 e. The largest absolute Gasteiger partial charge is 0.481 e. The number of nitrogens with one attached hydrogen (secondary N) is 1. The van der Waals surface area contributed by atoms with Crippen LogP contribution < -0.4 is 15.2 Å². The van der Waals surface area contributed by atoms with Crippen LogP contribution in [0.4, 0.5) is 11.4 Å². The van der Waals surface area contributed by atoms with Gasteiger partial charge < -0.3 is 10.5 Å². The first-order valence-corrected chi connectivity index (χ1v) is 6.88. The van der Waals surface area contributed by atoms with E-state index in [0.29, 0.717) is 17.3 Å². The second-order valence-corrected chi connectivity index (χ2v) is 5.45. The molecule has 1 heterocycles. The minimum absolute atomic E-state index is 0.137. The monoisotopic (exact) mass is 279 g/mol. The lowest BCUT2D eigenvalue weighted by molar-refractivity contribution is 0.398. The van der Waals surface area contributed by atoms with Gasteiger partial charge in [0.2, 0.25) is 5.88 Å². The Morgan fingerprint density at radius 3 is 2.37 bits per heavy atom. The molecule has 0 bridgehead atoms. The van der Waals surface area contributed by atoms with Crippen molar-refractivity contribution in [1.82, 2.24) is 4.98 Å². The number of hydrogen-bond donors (Lipinski definition) is 2. The van der Waals surface area contributed by atoms with E-state index in [2.05, 4.69) is 9.71 Å². The number of aromatic nitrogens is 1. The van der Waals surface area contributed by atoms with E-state index in [1.807, 2.05) is 0 Å². The maximum atomic E-state index is 12.1. The molecule has 0 aliphatic carbocycles. The predicted molar refractivity (Wildman–Crippen MR) is 72.5 cm³/mol. The van der Waals surface area contributed by atoms with Crippen molar-refractivity contribution in [2.24, 2.45) is 0 Å². The molecule has 0 amide bonds. The molecule has 0 aliphatic rings. The van der Waals surface area contributed by atoms with Gasteiger partial charge in [0.05, 0.1) is 23.9 Å². The third kappa shape index (κ3) is 3.14. The van der Waals surface area contributed by atoms with Crippen LogP contribution in [0.3, 0.4) is 0 Å². The number of hydrogen-bond acceptors (Lipinski definition) is 5. The highest BCUT2D eigenvalue weighted by atomic mass is 32.2. The van der Waals surface area contributed by atoms with E-state index in [9.17, 15) is 8.42 Å². The molecule has 7 heteroatoms. The Kier molecular flexibility index (Phi) is 3.57. The first-order valence-electron chi connectivity index (χ1n) is 5.40. The van der Waals surface area contributed by atoms with Crippen molar-refractivity contribution >= 4 is 21.4 Å². The zero-order chi connectivity index (χ0) is 13.9. The number of nitrogen functional groups attached to an aromatic ring is 1. The van der Waals surface area contributed by atoms with Gasteiger partial charge in [0.25, 0.3) is 10.0 Å². The van der Waals surface area contributed by atoms with Gasteiger partial charge in [-0.25, -0.2) is 13.4 Å². The summed E-state index contributed by atoms with van der Waals surface area (Å²) in [6.45, 7) is 0. The zero-order valence-electron chi connectivity index (χ0n) is 10.2. The molecule has 1 aromatic heterocycles. The summed E-state index contributed by atoms with van der Waals surface area (Å²) in [5.41, 5.74) is 6.38. The number of anilines is 2. The van der Waals surface area contributed by atoms with Crippen LogP contribution in [0.2, 0.25) is 0 Å². The molecule has 100 valence electrons. The Morgan fingerprint density at radius 1 is 1.16 bits per heavy atom. The van der Waals surface area contributed by atoms with E-state index in [1.54, 1.807) is 12.1 Å². The fraction of sp³-hybridized carbons (Fsp3) is 0.0833. The van der Waals surface area contributed by atoms with Gasteiger partial charge in [0.15, 0.2) is 0 Å². The number of nitrogens with zero attached hydrogens (tertiary/aromatic N) is 1. The minimum Gasteiger partial charge on any atom is -0.481 e. The molecule has 0 atom stereocenters. The summed E-state index contributed by atoms with van der Waals surface area (Å²) >= 11 is 0. The van der Waals surface area contributed by atoms with E-state index in [0.717, 1.165) is 0 Å². The third-order valence-corrected chi connectivity index (χ3v) is 3.79. The van der Waals surface area contributed by atoms with Gasteiger partial charge in [-0.15, -0.1) is 0 Å². The molecule has 2 rings (SSSR count). The van der Waals surface area contributed by atoms with Crippen molar-refractivity contribution in [1.29, 1.82) is 0 Å². The third-order valence-electron chi connectivity index (χ3n) is 2.39. The van der Waals surface area contributed by atoms with Crippen LogP contribution in [0.15, 0.2) is 47.5 Å². The topological polar surface area (TPSA) is 94.3 Å². The number of sulfonamides is 1. The normalized spacial score (nSPS) is 11.0. The average molecular weight is 279 g/mol. The fourth-order valence-electron chi connectivity index (χ4n) is 1.42. The van der Waals surface area contributed by atoms with Gasteiger partial charge in [0.1, 0.15) is 0 Å². The molecule has 0 radical (unpaired) electrons. The Hall–Kier alpha value is -2.28. The minimum atomic E-state index is -3.64. The van der Waals surface area contributed by atoms with Crippen molar-refractivity contribution in [2.45, 2.75) is 4.90 Å². The van der Waals surface area contributed by atoms with Crippen molar-refractivity contribution in [3.63, 3.8) is 0 Å². The first-order chi connectivity index (χ1) is 9.01. The van der Waals surface area contributed by atoms with Crippen LogP contribution in [-0.4, -0.2) is 20.5 Å². The highest BCUT2D eigenvalue weighted by Crippen LogP contribution is 2.17. The highest BCUT2D eigenvalue weighted by Gasteiger charge is 2.13. The van der Waals surface area contributed by atoms with Gasteiger partial charge in [-0.3, -0.25) is 4.72 Å². The first kappa shape index (κ1) is 13.2. The van der Waals surface area contributed by atoms with E-state index in [1.165, 1.54) is 37.6 Å². The highest BCUT2D eigenvalue weighted by molar-refractivity contribution is 7.92. The van der Waals surface area contributed by atoms with Crippen LogP contribution in [0.1, 0.15) is 0 Å². The van der Waals surface area contributed by atoms with Crippen molar-refractivity contribution in [3.05, 3.63) is 42.6 Å². The lowest BCUT2D eigenvalue weighted by Crippen LogP contribution is -2.13. The van der Waals surface area contributed by atoms with Crippen molar-refractivity contribution in [3.8, 4) is 5.88 Å². The Morgan fingerprint density at radius 2 is 1.84 bits per heavy atom. The Labute approximate surface area is 111 Å². The van der Waals surface area contributed by atoms with Gasteiger partial charge >= 0.3 is 0 Å². The van der Waals surface area contributed by atoms with Gasteiger partial charge in [-0.05, 0) is 30.3 Å². The smallest absolute Gasteiger partial charge is 0.261 e. The van der Waals surface area contributed by atoms with Gasteiger partial charge in [-0.1, -0.05) is 0 Å². The summed E-state index contributed by atoms with van der Waals surface area (Å²) in [6, 6.07) is 9.08. The molecule has 0 saturated carbocycles. The number of nitrogens with two attached hydrogens (primary N) is 1. The van der Waals surface area contributed by atoms with Crippen LogP contribution >= 0.6 is 0 Å². The molecular weight excluding hydrogens is 266 g/mol. The number of pyridine rings is 1. The molecule has 0 spiro atoms. The molecular formula is C12H13N3O3S. The molecule has 6 nitrogen and oxygen atoms in total. The SMILES string of the molecule is COc1ccc(NS(=O)(=O)c2ccc(N)cc2)cn1. The molecule has 0 fully saturated rings. The molecule has 0 saturated heterocycles. The number of methoxy groups -OCH3 is 1. The van der Waals surface area contributed by atoms with E-state index >= 15 is 0 Å². The van der Waals surface area contributed by atoms with Crippen molar-refractivity contribution in [2.75, 3.05) is 17.6 Å². The Bertz CT molecular complexity index is 652. The lowest BCUT2D eigenvalue weighted by atomic mass is 10.3. The quantitative estimate of drug-likeness (QED) is 0.826. The number of ether oxygens (including phenoxy) is 1. The van der Waals surface area contributed by atoms with E-state index in [-0.39, 0.29) is 4.90 Å². The number of benzene rings is 1. The van der Waals surface area contributed by atoms with Gasteiger partial charge in [-0.2, -0.15) is 0 Å². The zero-order valence-corrected chi connectivity index (χ0v) is 11.0. The fourth-order valence-corrected chi connectivity index (χ4v) is 2.47. The number of rotatable bonds is 4. The Balaban J connectivity index is 2.23. The van der Waals surface area contributed by atoms with Crippen molar-refractivity contribution < 1.29 is 13.2 Å². The summed E-state index contributed by atoms with van der Waals surface area (Å²) in [4.78, 5) is 4.06. The summed E-state index contributed by atoms with van der Waals surface area (Å²) in [5, 5.41) is 0. The second kappa shape index (κ2) is 5.15. The molecule has 1 aromatic carbocycles.